The Hall–Kier alpha value is -3.16. The number of nitrogens with zero attached hydrogens (tertiary/aromatic N) is 5. The summed E-state index contributed by atoms with van der Waals surface area (Å²) >= 11 is 0. The maximum atomic E-state index is 13.1. The molecule has 2 aromatic heterocycles. The summed E-state index contributed by atoms with van der Waals surface area (Å²) in [5, 5.41) is 19.6. The third-order valence-electron chi connectivity index (χ3n) is 5.41. The average Bonchev–Trinajstić information content (AvgIpc) is 3.25. The van der Waals surface area contributed by atoms with Gasteiger partial charge in [0.05, 0.1) is 17.3 Å². The number of fused-ring (bicyclic) bond motifs is 1. The van der Waals surface area contributed by atoms with Gasteiger partial charge in [0.1, 0.15) is 5.82 Å². The lowest BCUT2D eigenvalue weighted by Gasteiger charge is -2.19. The Morgan fingerprint density at radius 3 is 2.80 bits per heavy atom. The van der Waals surface area contributed by atoms with E-state index in [0.717, 1.165) is 54.3 Å². The number of hydrogen-bond acceptors (Lipinski definition) is 5. The van der Waals surface area contributed by atoms with E-state index in [9.17, 15) is 4.79 Å². The third kappa shape index (κ3) is 4.22. The average molecular weight is 408 g/mol. The molecule has 1 amide bonds. The molecule has 8 heteroatoms. The largest absolute Gasteiger partial charge is 0.382 e. The molecule has 0 saturated heterocycles. The standard InChI is InChI=1S/C22H29N7O/c1-14(2)24-19-7-5-15(3)11-18(19)22(30)25-17-6-8-20-26-27-21(29(20)10-9-17)16-12-23-28(4)13-16/h5,7,11-14,17,24H,6,8-10H2,1-4H3,(H,25,30). The Morgan fingerprint density at radius 2 is 2.07 bits per heavy atom. The highest BCUT2D eigenvalue weighted by atomic mass is 16.1. The second-order valence-corrected chi connectivity index (χ2v) is 8.34. The molecule has 1 aliphatic rings. The summed E-state index contributed by atoms with van der Waals surface area (Å²) in [5.74, 6) is 1.77. The van der Waals surface area contributed by atoms with Crippen LogP contribution in [0.4, 0.5) is 5.69 Å². The molecule has 0 spiro atoms. The van der Waals surface area contributed by atoms with E-state index >= 15 is 0 Å². The minimum atomic E-state index is -0.0306. The van der Waals surface area contributed by atoms with Crippen LogP contribution in [-0.4, -0.2) is 42.5 Å². The van der Waals surface area contributed by atoms with Crippen molar-refractivity contribution in [2.75, 3.05) is 5.32 Å². The van der Waals surface area contributed by atoms with Gasteiger partial charge < -0.3 is 15.2 Å². The number of aryl methyl sites for hydroxylation is 3. The summed E-state index contributed by atoms with van der Waals surface area (Å²) in [5.41, 5.74) is 3.60. The maximum Gasteiger partial charge on any atom is 0.253 e. The van der Waals surface area contributed by atoms with Gasteiger partial charge in [-0.1, -0.05) is 11.6 Å². The van der Waals surface area contributed by atoms with E-state index in [-0.39, 0.29) is 18.0 Å². The molecule has 1 unspecified atom stereocenters. The molecule has 3 heterocycles. The normalized spacial score (nSPS) is 16.2. The lowest BCUT2D eigenvalue weighted by molar-refractivity contribution is 0.0933. The first-order valence-corrected chi connectivity index (χ1v) is 10.5. The van der Waals surface area contributed by atoms with Crippen LogP contribution in [0, 0.1) is 6.92 Å². The van der Waals surface area contributed by atoms with Crippen LogP contribution >= 0.6 is 0 Å². The zero-order chi connectivity index (χ0) is 21.3. The van der Waals surface area contributed by atoms with Gasteiger partial charge in [-0.3, -0.25) is 9.48 Å². The van der Waals surface area contributed by atoms with Crippen LogP contribution in [-0.2, 0) is 20.0 Å². The van der Waals surface area contributed by atoms with Gasteiger partial charge >= 0.3 is 0 Å². The summed E-state index contributed by atoms with van der Waals surface area (Å²) in [6.45, 7) is 6.92. The van der Waals surface area contributed by atoms with Crippen LogP contribution in [0.3, 0.4) is 0 Å². The van der Waals surface area contributed by atoms with Crippen LogP contribution in [0.2, 0.25) is 0 Å². The highest BCUT2D eigenvalue weighted by molar-refractivity contribution is 6.00. The Labute approximate surface area is 176 Å². The number of amides is 1. The van der Waals surface area contributed by atoms with Gasteiger partial charge in [-0.05, 0) is 45.7 Å². The predicted molar refractivity (Wildman–Crippen MR) is 116 cm³/mol. The fourth-order valence-corrected chi connectivity index (χ4v) is 3.93. The fraction of sp³-hybridized carbons (Fsp3) is 0.455. The minimum Gasteiger partial charge on any atom is -0.382 e. The Kier molecular flexibility index (Phi) is 5.57. The molecular formula is C22H29N7O. The molecule has 2 N–H and O–H groups in total. The van der Waals surface area contributed by atoms with E-state index in [2.05, 4.69) is 44.3 Å². The van der Waals surface area contributed by atoms with Crippen LogP contribution in [0.1, 0.15) is 48.4 Å². The van der Waals surface area contributed by atoms with Gasteiger partial charge in [-0.2, -0.15) is 5.10 Å². The van der Waals surface area contributed by atoms with Crippen molar-refractivity contribution in [1.29, 1.82) is 0 Å². The van der Waals surface area contributed by atoms with Crippen molar-refractivity contribution in [3.63, 3.8) is 0 Å². The van der Waals surface area contributed by atoms with Crippen molar-refractivity contribution in [2.24, 2.45) is 7.05 Å². The molecule has 1 aromatic carbocycles. The monoisotopic (exact) mass is 407 g/mol. The van der Waals surface area contributed by atoms with Crippen molar-refractivity contribution >= 4 is 11.6 Å². The van der Waals surface area contributed by atoms with Crippen molar-refractivity contribution in [1.82, 2.24) is 29.9 Å². The van der Waals surface area contributed by atoms with Gasteiger partial charge in [-0.25, -0.2) is 0 Å². The van der Waals surface area contributed by atoms with Crippen LogP contribution < -0.4 is 10.6 Å². The molecule has 0 bridgehead atoms. The summed E-state index contributed by atoms with van der Waals surface area (Å²) in [7, 11) is 1.89. The number of carbonyl (C=O) groups is 1. The van der Waals surface area contributed by atoms with Crippen molar-refractivity contribution in [3.05, 3.63) is 47.5 Å². The Balaban J connectivity index is 1.48. The highest BCUT2D eigenvalue weighted by Crippen LogP contribution is 2.23. The number of anilines is 1. The molecule has 158 valence electrons. The third-order valence-corrected chi connectivity index (χ3v) is 5.41. The number of aromatic nitrogens is 5. The lowest BCUT2D eigenvalue weighted by atomic mass is 10.1. The van der Waals surface area contributed by atoms with E-state index in [4.69, 9.17) is 0 Å². The van der Waals surface area contributed by atoms with E-state index in [1.54, 1.807) is 4.68 Å². The quantitative estimate of drug-likeness (QED) is 0.679. The highest BCUT2D eigenvalue weighted by Gasteiger charge is 2.23. The Morgan fingerprint density at radius 1 is 1.23 bits per heavy atom. The van der Waals surface area contributed by atoms with E-state index in [1.165, 1.54) is 0 Å². The molecule has 4 rings (SSSR count). The smallest absolute Gasteiger partial charge is 0.253 e. The van der Waals surface area contributed by atoms with Crippen LogP contribution in [0.5, 0.6) is 0 Å². The van der Waals surface area contributed by atoms with Gasteiger partial charge in [0.25, 0.3) is 5.91 Å². The van der Waals surface area contributed by atoms with Gasteiger partial charge in [0, 0.05) is 44.0 Å². The van der Waals surface area contributed by atoms with Gasteiger partial charge in [0.15, 0.2) is 5.82 Å². The van der Waals surface area contributed by atoms with Gasteiger partial charge in [0.2, 0.25) is 0 Å². The molecule has 3 aromatic rings. The van der Waals surface area contributed by atoms with E-state index in [1.807, 2.05) is 44.6 Å². The van der Waals surface area contributed by atoms with Crippen molar-refractivity contribution in [2.45, 2.75) is 58.7 Å². The molecule has 8 nitrogen and oxygen atoms in total. The SMILES string of the molecule is Cc1ccc(NC(C)C)c(C(=O)NC2CCc3nnc(-c4cnn(C)c4)n3CC2)c1. The zero-order valence-electron chi connectivity index (χ0n) is 18.0. The molecule has 0 aliphatic carbocycles. The Bertz CT molecular complexity index is 1050. The predicted octanol–water partition coefficient (Wildman–Crippen LogP) is 2.94. The minimum absolute atomic E-state index is 0.0306. The molecule has 0 radical (unpaired) electrons. The molecular weight excluding hydrogens is 378 g/mol. The first kappa shape index (κ1) is 20.1. The second kappa shape index (κ2) is 8.30. The zero-order valence-corrected chi connectivity index (χ0v) is 18.0. The molecule has 1 aliphatic heterocycles. The number of carbonyl (C=O) groups excluding carboxylic acids is 1. The molecule has 30 heavy (non-hydrogen) atoms. The van der Waals surface area contributed by atoms with E-state index < -0.39 is 0 Å². The fourth-order valence-electron chi connectivity index (χ4n) is 3.93. The number of rotatable bonds is 5. The second-order valence-electron chi connectivity index (χ2n) is 8.34. The first-order chi connectivity index (χ1) is 14.4. The summed E-state index contributed by atoms with van der Waals surface area (Å²) in [4.78, 5) is 13.1. The summed E-state index contributed by atoms with van der Waals surface area (Å²) < 4.78 is 3.92. The lowest BCUT2D eigenvalue weighted by Crippen LogP contribution is -2.35. The summed E-state index contributed by atoms with van der Waals surface area (Å²) in [6, 6.07) is 6.31. The maximum absolute atomic E-state index is 13.1. The topological polar surface area (TPSA) is 89.7 Å². The van der Waals surface area contributed by atoms with Crippen LogP contribution in [0.15, 0.2) is 30.6 Å². The van der Waals surface area contributed by atoms with Gasteiger partial charge in [-0.15, -0.1) is 10.2 Å². The van der Waals surface area contributed by atoms with Crippen molar-refractivity contribution < 1.29 is 4.79 Å². The number of nitrogens with one attached hydrogen (secondary N) is 2. The van der Waals surface area contributed by atoms with Crippen molar-refractivity contribution in [3.8, 4) is 11.4 Å². The number of benzene rings is 1. The summed E-state index contributed by atoms with van der Waals surface area (Å²) in [6.07, 6.45) is 6.21. The van der Waals surface area contributed by atoms with E-state index in [0.29, 0.717) is 5.56 Å². The number of hydrogen-bond donors (Lipinski definition) is 2. The molecule has 0 saturated carbocycles. The van der Waals surface area contributed by atoms with Crippen LogP contribution in [0.25, 0.3) is 11.4 Å². The molecule has 1 atom stereocenters. The first-order valence-electron chi connectivity index (χ1n) is 10.5. The molecule has 0 fully saturated rings.